The maximum Gasteiger partial charge on any atom is 0.307 e. The summed E-state index contributed by atoms with van der Waals surface area (Å²) in [5.74, 6) is -0.326. The molecule has 1 aromatic rings. The van der Waals surface area contributed by atoms with Crippen LogP contribution in [0.15, 0.2) is 24.3 Å². The number of rotatable bonds is 8. The second-order valence-corrected chi connectivity index (χ2v) is 4.97. The van der Waals surface area contributed by atoms with Crippen molar-refractivity contribution in [2.45, 2.75) is 26.2 Å². The van der Waals surface area contributed by atoms with Crippen LogP contribution in [0.5, 0.6) is 0 Å². The molecule has 0 saturated heterocycles. The van der Waals surface area contributed by atoms with E-state index in [1.807, 2.05) is 43.3 Å². The van der Waals surface area contributed by atoms with Crippen molar-refractivity contribution < 1.29 is 14.3 Å². The number of aryl methyl sites for hydroxylation is 1. The quantitative estimate of drug-likeness (QED) is 0.742. The molecule has 0 aliphatic heterocycles. The van der Waals surface area contributed by atoms with Gasteiger partial charge in [-0.05, 0) is 31.0 Å². The predicted molar refractivity (Wildman–Crippen MR) is 83.3 cm³/mol. The molecule has 0 bridgehead atoms. The van der Waals surface area contributed by atoms with Gasteiger partial charge in [0.05, 0.1) is 13.0 Å². The van der Waals surface area contributed by atoms with Gasteiger partial charge in [-0.3, -0.25) is 9.59 Å². The van der Waals surface area contributed by atoms with E-state index in [2.05, 4.69) is 5.32 Å². The molecule has 21 heavy (non-hydrogen) atoms. The van der Waals surface area contributed by atoms with Crippen LogP contribution in [-0.2, 0) is 20.7 Å². The predicted octanol–water partition coefficient (Wildman–Crippen LogP) is 1.75. The van der Waals surface area contributed by atoms with Crippen LogP contribution in [0, 0.1) is 0 Å². The topological polar surface area (TPSA) is 58.6 Å². The summed E-state index contributed by atoms with van der Waals surface area (Å²) in [6.45, 7) is 2.46. The highest BCUT2D eigenvalue weighted by atomic mass is 16.5. The van der Waals surface area contributed by atoms with Crippen LogP contribution >= 0.6 is 0 Å². The standard InChI is InChI=1S/C16H24N2O3/c1-4-21-16(20)11-12-17-15(19)10-7-13-5-8-14(9-6-13)18(2)3/h5-6,8-9H,4,7,10-12H2,1-3H3,(H,17,19). The fourth-order valence-electron chi connectivity index (χ4n) is 1.84. The number of carbonyl (C=O) groups excluding carboxylic acids is 2. The van der Waals surface area contributed by atoms with Crippen LogP contribution in [-0.4, -0.2) is 39.1 Å². The van der Waals surface area contributed by atoms with Gasteiger partial charge in [0.2, 0.25) is 5.91 Å². The van der Waals surface area contributed by atoms with Gasteiger partial charge in [0.1, 0.15) is 0 Å². The van der Waals surface area contributed by atoms with E-state index >= 15 is 0 Å². The molecule has 0 aliphatic carbocycles. The van der Waals surface area contributed by atoms with Crippen molar-refractivity contribution in [3.05, 3.63) is 29.8 Å². The second kappa shape index (κ2) is 9.00. The lowest BCUT2D eigenvalue weighted by molar-refractivity contribution is -0.143. The molecule has 116 valence electrons. The van der Waals surface area contributed by atoms with Gasteiger partial charge in [0.25, 0.3) is 0 Å². The van der Waals surface area contributed by atoms with E-state index in [1.54, 1.807) is 6.92 Å². The Kier molecular flexibility index (Phi) is 7.29. The van der Waals surface area contributed by atoms with Crippen LogP contribution in [0.1, 0.15) is 25.3 Å². The molecule has 0 heterocycles. The summed E-state index contributed by atoms with van der Waals surface area (Å²) in [7, 11) is 3.98. The first kappa shape index (κ1) is 17.0. The van der Waals surface area contributed by atoms with E-state index in [0.29, 0.717) is 26.0 Å². The SMILES string of the molecule is CCOC(=O)CCNC(=O)CCc1ccc(N(C)C)cc1. The molecule has 0 aliphatic rings. The number of nitrogens with one attached hydrogen (secondary N) is 1. The molecule has 1 rings (SSSR count). The van der Waals surface area contributed by atoms with Crippen LogP contribution in [0.25, 0.3) is 0 Å². The summed E-state index contributed by atoms with van der Waals surface area (Å²) in [4.78, 5) is 24.8. The first-order valence-electron chi connectivity index (χ1n) is 7.21. The molecular weight excluding hydrogens is 268 g/mol. The number of carbonyl (C=O) groups is 2. The molecule has 1 aromatic carbocycles. The highest BCUT2D eigenvalue weighted by molar-refractivity contribution is 5.77. The molecule has 1 N–H and O–H groups in total. The van der Waals surface area contributed by atoms with Gasteiger partial charge in [0.15, 0.2) is 0 Å². The summed E-state index contributed by atoms with van der Waals surface area (Å²) in [5, 5.41) is 2.72. The maximum absolute atomic E-state index is 11.7. The van der Waals surface area contributed by atoms with Crippen LogP contribution in [0.4, 0.5) is 5.69 Å². The number of ether oxygens (including phenoxy) is 1. The van der Waals surface area contributed by atoms with E-state index in [0.717, 1.165) is 11.3 Å². The van der Waals surface area contributed by atoms with Crippen molar-refractivity contribution in [1.82, 2.24) is 5.32 Å². The van der Waals surface area contributed by atoms with Gasteiger partial charge >= 0.3 is 5.97 Å². The normalized spacial score (nSPS) is 10.0. The largest absolute Gasteiger partial charge is 0.466 e. The van der Waals surface area contributed by atoms with Crippen molar-refractivity contribution in [2.24, 2.45) is 0 Å². The zero-order valence-corrected chi connectivity index (χ0v) is 13.0. The molecule has 0 atom stereocenters. The zero-order chi connectivity index (χ0) is 15.7. The molecule has 0 unspecified atom stereocenters. The van der Waals surface area contributed by atoms with E-state index in [9.17, 15) is 9.59 Å². The molecule has 0 spiro atoms. The number of anilines is 1. The average Bonchev–Trinajstić information content (AvgIpc) is 2.46. The van der Waals surface area contributed by atoms with Gasteiger partial charge in [-0.1, -0.05) is 12.1 Å². The second-order valence-electron chi connectivity index (χ2n) is 4.97. The van der Waals surface area contributed by atoms with Crippen molar-refractivity contribution in [2.75, 3.05) is 32.1 Å². The molecule has 0 radical (unpaired) electrons. The van der Waals surface area contributed by atoms with Crippen LogP contribution in [0.2, 0.25) is 0 Å². The van der Waals surface area contributed by atoms with E-state index in [4.69, 9.17) is 4.74 Å². The van der Waals surface area contributed by atoms with Gasteiger partial charge in [-0.2, -0.15) is 0 Å². The lowest BCUT2D eigenvalue weighted by atomic mass is 10.1. The zero-order valence-electron chi connectivity index (χ0n) is 13.0. The summed E-state index contributed by atoms with van der Waals surface area (Å²) < 4.78 is 4.79. The van der Waals surface area contributed by atoms with E-state index in [1.165, 1.54) is 0 Å². The minimum atomic E-state index is -0.280. The fraction of sp³-hybridized carbons (Fsp3) is 0.500. The van der Waals surface area contributed by atoms with Crippen molar-refractivity contribution in [1.29, 1.82) is 0 Å². The van der Waals surface area contributed by atoms with Gasteiger partial charge in [-0.15, -0.1) is 0 Å². The number of amides is 1. The molecule has 0 aromatic heterocycles. The first-order chi connectivity index (χ1) is 10.0. The lowest BCUT2D eigenvalue weighted by Gasteiger charge is -2.12. The van der Waals surface area contributed by atoms with Crippen LogP contribution in [0.3, 0.4) is 0 Å². The maximum atomic E-state index is 11.7. The van der Waals surface area contributed by atoms with Crippen molar-refractivity contribution in [3.63, 3.8) is 0 Å². The Morgan fingerprint density at radius 3 is 2.38 bits per heavy atom. The average molecular weight is 292 g/mol. The Bertz CT molecular complexity index is 455. The third-order valence-electron chi connectivity index (χ3n) is 3.05. The third kappa shape index (κ3) is 6.79. The lowest BCUT2D eigenvalue weighted by Crippen LogP contribution is -2.26. The Hall–Kier alpha value is -2.04. The molecule has 5 nitrogen and oxygen atoms in total. The van der Waals surface area contributed by atoms with E-state index < -0.39 is 0 Å². The van der Waals surface area contributed by atoms with E-state index in [-0.39, 0.29) is 18.3 Å². The number of hydrogen-bond donors (Lipinski definition) is 1. The minimum absolute atomic E-state index is 0.0454. The molecular formula is C16H24N2O3. The highest BCUT2D eigenvalue weighted by Gasteiger charge is 2.05. The summed E-state index contributed by atoms with van der Waals surface area (Å²) in [6.07, 6.45) is 1.33. The third-order valence-corrected chi connectivity index (χ3v) is 3.05. The Balaban J connectivity index is 2.25. The number of esters is 1. The minimum Gasteiger partial charge on any atom is -0.466 e. The smallest absolute Gasteiger partial charge is 0.307 e. The number of nitrogens with zero attached hydrogens (tertiary/aromatic N) is 1. The fourth-order valence-corrected chi connectivity index (χ4v) is 1.84. The Morgan fingerprint density at radius 1 is 1.14 bits per heavy atom. The molecule has 0 fully saturated rings. The summed E-state index contributed by atoms with van der Waals surface area (Å²) >= 11 is 0. The van der Waals surface area contributed by atoms with Crippen molar-refractivity contribution >= 4 is 17.6 Å². The van der Waals surface area contributed by atoms with Gasteiger partial charge < -0.3 is 15.0 Å². The summed E-state index contributed by atoms with van der Waals surface area (Å²) in [5.41, 5.74) is 2.26. The van der Waals surface area contributed by atoms with Gasteiger partial charge in [0, 0.05) is 32.7 Å². The van der Waals surface area contributed by atoms with Gasteiger partial charge in [-0.25, -0.2) is 0 Å². The molecule has 5 heteroatoms. The number of hydrogen-bond acceptors (Lipinski definition) is 4. The van der Waals surface area contributed by atoms with Crippen molar-refractivity contribution in [3.8, 4) is 0 Å². The monoisotopic (exact) mass is 292 g/mol. The Morgan fingerprint density at radius 2 is 1.81 bits per heavy atom. The summed E-state index contributed by atoms with van der Waals surface area (Å²) in [6, 6.07) is 8.13. The van der Waals surface area contributed by atoms with Crippen LogP contribution < -0.4 is 10.2 Å². The number of benzene rings is 1. The molecule has 0 saturated carbocycles. The Labute approximate surface area is 126 Å². The first-order valence-corrected chi connectivity index (χ1v) is 7.21. The highest BCUT2D eigenvalue weighted by Crippen LogP contribution is 2.13. The molecule has 1 amide bonds.